The number of benzene rings is 1. The summed E-state index contributed by atoms with van der Waals surface area (Å²) in [5, 5.41) is 4.10. The zero-order valence-electron chi connectivity index (χ0n) is 14.0. The second-order valence-corrected chi connectivity index (χ2v) is 7.66. The molecule has 0 atom stereocenters. The molecular weight excluding hydrogens is 388 g/mol. The van der Waals surface area contributed by atoms with Crippen LogP contribution >= 0.6 is 23.1 Å². The number of imide groups is 1. The minimum Gasteiger partial charge on any atom is -0.486 e. The van der Waals surface area contributed by atoms with Crippen molar-refractivity contribution in [3.8, 4) is 11.5 Å². The minimum atomic E-state index is -0.466. The van der Waals surface area contributed by atoms with Crippen LogP contribution in [0.15, 0.2) is 40.6 Å². The van der Waals surface area contributed by atoms with E-state index in [0.29, 0.717) is 35.3 Å². The van der Waals surface area contributed by atoms with Gasteiger partial charge in [0, 0.05) is 16.6 Å². The van der Waals surface area contributed by atoms with Crippen LogP contribution < -0.4 is 14.8 Å². The van der Waals surface area contributed by atoms with Crippen molar-refractivity contribution in [3.05, 3.63) is 45.5 Å². The first-order chi connectivity index (χ1) is 13.1. The van der Waals surface area contributed by atoms with E-state index >= 15 is 0 Å². The summed E-state index contributed by atoms with van der Waals surface area (Å²) in [6, 6.07) is 8.75. The van der Waals surface area contributed by atoms with Crippen LogP contribution in [-0.2, 0) is 9.59 Å². The molecule has 2 aromatic rings. The molecule has 1 fully saturated rings. The van der Waals surface area contributed by atoms with Gasteiger partial charge >= 0.3 is 0 Å². The molecule has 0 bridgehead atoms. The molecular formula is C18H14N2O5S2. The predicted molar refractivity (Wildman–Crippen MR) is 103 cm³/mol. The Morgan fingerprint density at radius 1 is 1.19 bits per heavy atom. The van der Waals surface area contributed by atoms with Gasteiger partial charge in [0.05, 0.1) is 4.91 Å². The van der Waals surface area contributed by atoms with Gasteiger partial charge in [0.25, 0.3) is 11.1 Å². The number of thiophene rings is 1. The fraction of sp³-hybridized carbons (Fsp3) is 0.167. The van der Waals surface area contributed by atoms with E-state index in [4.69, 9.17) is 9.47 Å². The van der Waals surface area contributed by atoms with E-state index in [1.807, 2.05) is 17.5 Å². The molecule has 2 aliphatic rings. The Labute approximate surface area is 162 Å². The van der Waals surface area contributed by atoms with E-state index in [1.54, 1.807) is 24.3 Å². The van der Waals surface area contributed by atoms with Crippen molar-refractivity contribution in [2.24, 2.45) is 0 Å². The van der Waals surface area contributed by atoms with Crippen LogP contribution in [0.2, 0.25) is 0 Å². The summed E-state index contributed by atoms with van der Waals surface area (Å²) >= 11 is 2.30. The number of hydrogen-bond donors (Lipinski definition) is 1. The first kappa shape index (κ1) is 17.6. The lowest BCUT2D eigenvalue weighted by atomic mass is 10.2. The SMILES string of the molecule is O=C(CN1C(=O)S/C(=C/c2cccs2)C1=O)Nc1ccc2c(c1)OCCO2. The molecule has 3 heterocycles. The van der Waals surface area contributed by atoms with Crippen molar-refractivity contribution in [3.63, 3.8) is 0 Å². The third-order valence-electron chi connectivity index (χ3n) is 3.82. The highest BCUT2D eigenvalue weighted by Crippen LogP contribution is 2.34. The van der Waals surface area contributed by atoms with Gasteiger partial charge in [-0.15, -0.1) is 11.3 Å². The molecule has 1 aromatic carbocycles. The highest BCUT2D eigenvalue weighted by molar-refractivity contribution is 8.18. The second kappa shape index (κ2) is 7.45. The number of rotatable bonds is 4. The summed E-state index contributed by atoms with van der Waals surface area (Å²) < 4.78 is 10.9. The molecule has 1 saturated heterocycles. The number of thioether (sulfide) groups is 1. The third kappa shape index (κ3) is 3.83. The lowest BCUT2D eigenvalue weighted by molar-refractivity contribution is -0.127. The van der Waals surface area contributed by atoms with Crippen molar-refractivity contribution >= 4 is 51.9 Å². The summed E-state index contributed by atoms with van der Waals surface area (Å²) in [7, 11) is 0. The number of anilines is 1. The van der Waals surface area contributed by atoms with Gasteiger partial charge in [0.1, 0.15) is 19.8 Å². The number of carbonyl (C=O) groups is 3. The number of nitrogens with one attached hydrogen (secondary N) is 1. The molecule has 138 valence electrons. The Kier molecular flexibility index (Phi) is 4.87. The number of fused-ring (bicyclic) bond motifs is 1. The maximum Gasteiger partial charge on any atom is 0.294 e. The molecule has 7 nitrogen and oxygen atoms in total. The average Bonchev–Trinajstić information content (AvgIpc) is 3.26. The van der Waals surface area contributed by atoms with Crippen molar-refractivity contribution in [1.82, 2.24) is 4.90 Å². The van der Waals surface area contributed by atoms with Crippen molar-refractivity contribution < 1.29 is 23.9 Å². The highest BCUT2D eigenvalue weighted by Gasteiger charge is 2.36. The predicted octanol–water partition coefficient (Wildman–Crippen LogP) is 3.19. The Morgan fingerprint density at radius 3 is 2.78 bits per heavy atom. The fourth-order valence-electron chi connectivity index (χ4n) is 2.60. The Morgan fingerprint density at radius 2 is 2.00 bits per heavy atom. The van der Waals surface area contributed by atoms with E-state index in [2.05, 4.69) is 5.32 Å². The van der Waals surface area contributed by atoms with E-state index in [9.17, 15) is 14.4 Å². The van der Waals surface area contributed by atoms with E-state index in [1.165, 1.54) is 11.3 Å². The Hall–Kier alpha value is -2.78. The minimum absolute atomic E-state index is 0.314. The zero-order valence-corrected chi connectivity index (χ0v) is 15.6. The van der Waals surface area contributed by atoms with Crippen molar-refractivity contribution in [2.45, 2.75) is 0 Å². The topological polar surface area (TPSA) is 84.9 Å². The van der Waals surface area contributed by atoms with Crippen molar-refractivity contribution in [1.29, 1.82) is 0 Å². The summed E-state index contributed by atoms with van der Waals surface area (Å²) in [4.78, 5) is 39.0. The lowest BCUT2D eigenvalue weighted by Gasteiger charge is -2.19. The van der Waals surface area contributed by atoms with Crippen LogP contribution in [0, 0.1) is 0 Å². The normalized spacial score (nSPS) is 17.5. The van der Waals surface area contributed by atoms with Gasteiger partial charge in [0.15, 0.2) is 11.5 Å². The second-order valence-electron chi connectivity index (χ2n) is 5.69. The van der Waals surface area contributed by atoms with Crippen LogP contribution in [0.1, 0.15) is 4.88 Å². The maximum atomic E-state index is 12.4. The van der Waals surface area contributed by atoms with Gasteiger partial charge in [-0.3, -0.25) is 19.3 Å². The summed E-state index contributed by atoms with van der Waals surface area (Å²) in [5.41, 5.74) is 0.505. The Balaban J connectivity index is 1.42. The van der Waals surface area contributed by atoms with Gasteiger partial charge in [-0.25, -0.2) is 0 Å². The molecule has 3 amide bonds. The number of amides is 3. The van der Waals surface area contributed by atoms with Crippen LogP contribution in [-0.4, -0.2) is 41.7 Å². The van der Waals surface area contributed by atoms with Gasteiger partial charge in [-0.05, 0) is 41.4 Å². The molecule has 1 aromatic heterocycles. The lowest BCUT2D eigenvalue weighted by Crippen LogP contribution is -2.36. The standard InChI is InChI=1S/C18H14N2O5S2/c21-16(19-11-3-4-13-14(8-11)25-6-5-24-13)10-20-17(22)15(27-18(20)23)9-12-2-1-7-26-12/h1-4,7-9H,5-6,10H2,(H,19,21)/b15-9+. The monoisotopic (exact) mass is 402 g/mol. The molecule has 0 radical (unpaired) electrons. The summed E-state index contributed by atoms with van der Waals surface area (Å²) in [6.07, 6.45) is 1.66. The average molecular weight is 402 g/mol. The van der Waals surface area contributed by atoms with Gasteiger partial charge < -0.3 is 14.8 Å². The molecule has 27 heavy (non-hydrogen) atoms. The van der Waals surface area contributed by atoms with Crippen LogP contribution in [0.3, 0.4) is 0 Å². The van der Waals surface area contributed by atoms with Gasteiger partial charge in [-0.2, -0.15) is 0 Å². The molecule has 2 aliphatic heterocycles. The number of ether oxygens (including phenoxy) is 2. The van der Waals surface area contributed by atoms with E-state index in [0.717, 1.165) is 21.5 Å². The quantitative estimate of drug-likeness (QED) is 0.791. The van der Waals surface area contributed by atoms with E-state index < -0.39 is 17.1 Å². The zero-order chi connectivity index (χ0) is 18.8. The van der Waals surface area contributed by atoms with Crippen LogP contribution in [0.25, 0.3) is 6.08 Å². The first-order valence-electron chi connectivity index (χ1n) is 8.08. The summed E-state index contributed by atoms with van der Waals surface area (Å²) in [6.45, 7) is 0.579. The van der Waals surface area contributed by atoms with E-state index in [-0.39, 0.29) is 6.54 Å². The number of carbonyl (C=O) groups excluding carboxylic acids is 3. The van der Waals surface area contributed by atoms with Crippen molar-refractivity contribution in [2.75, 3.05) is 25.1 Å². The number of nitrogens with zero attached hydrogens (tertiary/aromatic N) is 1. The molecule has 0 unspecified atom stereocenters. The summed E-state index contributed by atoms with van der Waals surface area (Å²) in [5.74, 6) is 0.232. The molecule has 9 heteroatoms. The molecule has 4 rings (SSSR count). The molecule has 0 spiro atoms. The first-order valence-corrected chi connectivity index (χ1v) is 9.78. The highest BCUT2D eigenvalue weighted by atomic mass is 32.2. The smallest absolute Gasteiger partial charge is 0.294 e. The van der Waals surface area contributed by atoms with Gasteiger partial charge in [-0.1, -0.05) is 6.07 Å². The maximum absolute atomic E-state index is 12.4. The van der Waals surface area contributed by atoms with Crippen LogP contribution in [0.4, 0.5) is 10.5 Å². The van der Waals surface area contributed by atoms with Gasteiger partial charge in [0.2, 0.25) is 5.91 Å². The fourth-order valence-corrected chi connectivity index (χ4v) is 4.17. The molecule has 0 saturated carbocycles. The largest absolute Gasteiger partial charge is 0.486 e. The van der Waals surface area contributed by atoms with Crippen LogP contribution in [0.5, 0.6) is 11.5 Å². The molecule has 1 N–H and O–H groups in total. The molecule has 0 aliphatic carbocycles. The third-order valence-corrected chi connectivity index (χ3v) is 5.54. The number of hydrogen-bond acceptors (Lipinski definition) is 7. The Bertz CT molecular complexity index is 939.